The SMILES string of the molecule is C[C@H](NC(=O)[C@](C)(Cc1ccc(O)cc1)N(Cc1ccncc1)C(=O)O)c1ccccc1. The van der Waals surface area contributed by atoms with Gasteiger partial charge in [0, 0.05) is 18.8 Å². The van der Waals surface area contributed by atoms with E-state index in [1.165, 1.54) is 12.1 Å². The molecule has 0 aliphatic rings. The number of nitrogens with zero attached hydrogens (tertiary/aromatic N) is 2. The number of carbonyl (C=O) groups is 2. The van der Waals surface area contributed by atoms with Gasteiger partial charge in [0.1, 0.15) is 11.3 Å². The number of aromatic hydroxyl groups is 1. The number of carbonyl (C=O) groups excluding carboxylic acids is 1. The van der Waals surface area contributed by atoms with Crippen molar-refractivity contribution in [3.63, 3.8) is 0 Å². The fraction of sp³-hybridized carbons (Fsp3) is 0.240. The molecule has 0 fully saturated rings. The third-order valence-electron chi connectivity index (χ3n) is 5.54. The summed E-state index contributed by atoms with van der Waals surface area (Å²) in [6, 6.07) is 19.1. The number of pyridine rings is 1. The van der Waals surface area contributed by atoms with E-state index in [1.807, 2.05) is 37.3 Å². The number of nitrogens with one attached hydrogen (secondary N) is 1. The van der Waals surface area contributed by atoms with Crippen molar-refractivity contribution in [3.05, 3.63) is 95.8 Å². The van der Waals surface area contributed by atoms with Gasteiger partial charge in [-0.3, -0.25) is 14.7 Å². The Morgan fingerprint density at radius 1 is 1.00 bits per heavy atom. The third kappa shape index (κ3) is 5.43. The zero-order valence-corrected chi connectivity index (χ0v) is 18.1. The Labute approximate surface area is 187 Å². The highest BCUT2D eigenvalue weighted by Gasteiger charge is 2.43. The summed E-state index contributed by atoms with van der Waals surface area (Å²) in [7, 11) is 0. The second kappa shape index (κ2) is 9.96. The summed E-state index contributed by atoms with van der Waals surface area (Å²) in [4.78, 5) is 31.1. The van der Waals surface area contributed by atoms with Crippen LogP contribution in [0.3, 0.4) is 0 Å². The van der Waals surface area contributed by atoms with Gasteiger partial charge in [0.25, 0.3) is 0 Å². The van der Waals surface area contributed by atoms with E-state index in [4.69, 9.17) is 0 Å². The summed E-state index contributed by atoms with van der Waals surface area (Å²) in [5.41, 5.74) is 0.968. The Kier molecular flexibility index (Phi) is 7.10. The molecular weight excluding hydrogens is 406 g/mol. The zero-order valence-electron chi connectivity index (χ0n) is 18.1. The van der Waals surface area contributed by atoms with E-state index < -0.39 is 17.5 Å². The molecule has 0 bridgehead atoms. The van der Waals surface area contributed by atoms with Crippen molar-refractivity contribution in [2.45, 2.75) is 38.4 Å². The van der Waals surface area contributed by atoms with Crippen molar-refractivity contribution in [2.24, 2.45) is 0 Å². The third-order valence-corrected chi connectivity index (χ3v) is 5.54. The van der Waals surface area contributed by atoms with Crippen LogP contribution in [0.15, 0.2) is 79.1 Å². The first-order valence-corrected chi connectivity index (χ1v) is 10.3. The maximum absolute atomic E-state index is 13.6. The van der Waals surface area contributed by atoms with Crippen molar-refractivity contribution in [1.29, 1.82) is 0 Å². The molecule has 0 aliphatic carbocycles. The molecule has 2 atom stereocenters. The molecule has 0 saturated carbocycles. The summed E-state index contributed by atoms with van der Waals surface area (Å²) < 4.78 is 0. The predicted molar refractivity (Wildman–Crippen MR) is 121 cm³/mol. The molecule has 1 aromatic heterocycles. The van der Waals surface area contributed by atoms with E-state index in [1.54, 1.807) is 43.6 Å². The van der Waals surface area contributed by atoms with Crippen molar-refractivity contribution in [3.8, 4) is 5.75 Å². The molecule has 0 spiro atoms. The monoisotopic (exact) mass is 433 g/mol. The molecule has 32 heavy (non-hydrogen) atoms. The van der Waals surface area contributed by atoms with Gasteiger partial charge >= 0.3 is 6.09 Å². The molecule has 7 heteroatoms. The van der Waals surface area contributed by atoms with Gasteiger partial charge in [0.05, 0.1) is 12.6 Å². The summed E-state index contributed by atoms with van der Waals surface area (Å²) in [6.45, 7) is 3.52. The largest absolute Gasteiger partial charge is 0.508 e. The van der Waals surface area contributed by atoms with E-state index in [0.717, 1.165) is 21.6 Å². The Balaban J connectivity index is 1.95. The lowest BCUT2D eigenvalue weighted by atomic mass is 9.88. The van der Waals surface area contributed by atoms with E-state index in [0.29, 0.717) is 0 Å². The van der Waals surface area contributed by atoms with Crippen molar-refractivity contribution in [1.82, 2.24) is 15.2 Å². The number of aromatic nitrogens is 1. The van der Waals surface area contributed by atoms with E-state index in [-0.39, 0.29) is 24.8 Å². The molecular formula is C25H27N3O4. The Hall–Kier alpha value is -3.87. The number of carboxylic acid groups (broad SMARTS) is 1. The molecule has 0 saturated heterocycles. The Morgan fingerprint density at radius 3 is 2.22 bits per heavy atom. The average molecular weight is 434 g/mol. The van der Waals surface area contributed by atoms with Crippen LogP contribution in [0.4, 0.5) is 4.79 Å². The molecule has 2 amide bonds. The molecule has 3 N–H and O–H groups in total. The Morgan fingerprint density at radius 2 is 1.62 bits per heavy atom. The number of benzene rings is 2. The van der Waals surface area contributed by atoms with Gasteiger partial charge in [-0.1, -0.05) is 42.5 Å². The quantitative estimate of drug-likeness (QED) is 0.495. The second-order valence-corrected chi connectivity index (χ2v) is 7.95. The summed E-state index contributed by atoms with van der Waals surface area (Å²) >= 11 is 0. The second-order valence-electron chi connectivity index (χ2n) is 7.95. The lowest BCUT2D eigenvalue weighted by Gasteiger charge is -2.39. The number of amides is 2. The zero-order chi connectivity index (χ0) is 23.1. The minimum atomic E-state index is -1.41. The van der Waals surface area contributed by atoms with Gasteiger partial charge < -0.3 is 15.5 Å². The number of rotatable bonds is 8. The highest BCUT2D eigenvalue weighted by Crippen LogP contribution is 2.26. The molecule has 3 rings (SSSR count). The van der Waals surface area contributed by atoms with Gasteiger partial charge in [0.15, 0.2) is 0 Å². The summed E-state index contributed by atoms with van der Waals surface area (Å²) in [5.74, 6) is -0.303. The van der Waals surface area contributed by atoms with Crippen molar-refractivity contribution >= 4 is 12.0 Å². The Bertz CT molecular complexity index is 1040. The van der Waals surface area contributed by atoms with Crippen LogP contribution in [0.5, 0.6) is 5.75 Å². The molecule has 0 aliphatic heterocycles. The van der Waals surface area contributed by atoms with Crippen LogP contribution in [0, 0.1) is 0 Å². The van der Waals surface area contributed by atoms with Crippen molar-refractivity contribution < 1.29 is 19.8 Å². The van der Waals surface area contributed by atoms with Crippen molar-refractivity contribution in [2.75, 3.05) is 0 Å². The minimum absolute atomic E-state index is 0.0274. The predicted octanol–water partition coefficient (Wildman–Crippen LogP) is 4.15. The van der Waals surface area contributed by atoms with Gasteiger partial charge in [-0.05, 0) is 54.8 Å². The minimum Gasteiger partial charge on any atom is -0.508 e. The average Bonchev–Trinajstić information content (AvgIpc) is 2.80. The first-order chi connectivity index (χ1) is 15.3. The first-order valence-electron chi connectivity index (χ1n) is 10.3. The highest BCUT2D eigenvalue weighted by atomic mass is 16.4. The van der Waals surface area contributed by atoms with Gasteiger partial charge in [-0.2, -0.15) is 0 Å². The van der Waals surface area contributed by atoms with E-state index in [9.17, 15) is 19.8 Å². The fourth-order valence-corrected chi connectivity index (χ4v) is 3.61. The van der Waals surface area contributed by atoms with E-state index >= 15 is 0 Å². The van der Waals surface area contributed by atoms with Crippen LogP contribution in [-0.4, -0.2) is 37.6 Å². The van der Waals surface area contributed by atoms with Crippen LogP contribution >= 0.6 is 0 Å². The molecule has 0 radical (unpaired) electrons. The number of phenols is 1. The van der Waals surface area contributed by atoms with Gasteiger partial charge in [-0.25, -0.2) is 4.79 Å². The van der Waals surface area contributed by atoms with Crippen LogP contribution in [0.25, 0.3) is 0 Å². The standard InChI is InChI=1S/C25H27N3O4/c1-18(21-6-4-3-5-7-21)27-23(30)25(2,16-19-8-10-22(29)11-9-19)28(24(31)32)17-20-12-14-26-15-13-20/h3-15,18,29H,16-17H2,1-2H3,(H,27,30)(H,31,32)/t18-,25-/m0/s1. The maximum atomic E-state index is 13.6. The van der Waals surface area contributed by atoms with Crippen LogP contribution in [-0.2, 0) is 17.8 Å². The maximum Gasteiger partial charge on any atom is 0.408 e. The summed E-state index contributed by atoms with van der Waals surface area (Å²) in [5, 5.41) is 22.7. The molecule has 1 heterocycles. The van der Waals surface area contributed by atoms with Crippen LogP contribution in [0.1, 0.15) is 36.6 Å². The van der Waals surface area contributed by atoms with Crippen LogP contribution in [0.2, 0.25) is 0 Å². The lowest BCUT2D eigenvalue weighted by Crippen LogP contribution is -2.59. The van der Waals surface area contributed by atoms with Gasteiger partial charge in [-0.15, -0.1) is 0 Å². The van der Waals surface area contributed by atoms with Gasteiger partial charge in [0.2, 0.25) is 5.91 Å². The number of phenolic OH excluding ortho intramolecular Hbond substituents is 1. The normalized spacial score (nSPS) is 13.6. The molecule has 7 nitrogen and oxygen atoms in total. The fourth-order valence-electron chi connectivity index (χ4n) is 3.61. The molecule has 2 aromatic carbocycles. The number of hydrogen-bond acceptors (Lipinski definition) is 4. The highest BCUT2D eigenvalue weighted by molar-refractivity contribution is 5.90. The smallest absolute Gasteiger partial charge is 0.408 e. The lowest BCUT2D eigenvalue weighted by molar-refractivity contribution is -0.132. The van der Waals surface area contributed by atoms with Crippen LogP contribution < -0.4 is 5.32 Å². The van der Waals surface area contributed by atoms with E-state index in [2.05, 4.69) is 10.3 Å². The molecule has 166 valence electrons. The first kappa shape index (κ1) is 22.8. The number of hydrogen-bond donors (Lipinski definition) is 3. The summed E-state index contributed by atoms with van der Waals surface area (Å²) in [6.07, 6.45) is 2.11. The molecule has 3 aromatic rings. The molecule has 0 unspecified atom stereocenters. The topological polar surface area (TPSA) is 103 Å².